The van der Waals surface area contributed by atoms with E-state index in [1.54, 1.807) is 11.8 Å². The van der Waals surface area contributed by atoms with Crippen molar-refractivity contribution in [3.8, 4) is 0 Å². The van der Waals surface area contributed by atoms with Crippen LogP contribution in [0.1, 0.15) is 13.8 Å². The summed E-state index contributed by atoms with van der Waals surface area (Å²) in [5, 5.41) is 3.03. The summed E-state index contributed by atoms with van der Waals surface area (Å²) >= 11 is 1.66. The Balaban J connectivity index is 1.78. The summed E-state index contributed by atoms with van der Waals surface area (Å²) in [5.41, 5.74) is 0.850. The lowest BCUT2D eigenvalue weighted by molar-refractivity contribution is -0.132. The Labute approximate surface area is 172 Å². The molecule has 2 rings (SSSR count). The maximum absolute atomic E-state index is 12.5. The fourth-order valence-electron chi connectivity index (χ4n) is 3.21. The Kier molecular flexibility index (Phi) is 9.54. The van der Waals surface area contributed by atoms with Crippen LogP contribution in [0, 0.1) is 0 Å². The number of carbonyl (C=O) groups is 2. The molecular formula is C21H32N4O2S. The molecule has 1 aliphatic rings. The molecule has 154 valence electrons. The smallest absolute Gasteiger partial charge is 0.238 e. The van der Waals surface area contributed by atoms with Crippen LogP contribution in [0.15, 0.2) is 41.8 Å². The molecule has 2 amide bonds. The molecule has 1 fully saturated rings. The number of amides is 2. The molecule has 1 saturated heterocycles. The number of hydrogen-bond donors (Lipinski definition) is 1. The molecule has 0 aliphatic carbocycles. The molecule has 1 N–H and O–H groups in total. The first-order chi connectivity index (χ1) is 13.6. The highest BCUT2D eigenvalue weighted by Gasteiger charge is 2.22. The second kappa shape index (κ2) is 11.9. The number of nitrogens with one attached hydrogen (secondary N) is 1. The minimum atomic E-state index is -0.000629. The zero-order valence-corrected chi connectivity index (χ0v) is 17.8. The molecule has 1 aromatic rings. The molecular weight excluding hydrogens is 372 g/mol. The van der Waals surface area contributed by atoms with Crippen LogP contribution in [0.4, 0.5) is 5.69 Å². The summed E-state index contributed by atoms with van der Waals surface area (Å²) in [6.07, 6.45) is 1.85. The van der Waals surface area contributed by atoms with Crippen LogP contribution >= 0.6 is 11.8 Å². The van der Waals surface area contributed by atoms with Gasteiger partial charge >= 0.3 is 0 Å². The zero-order chi connectivity index (χ0) is 20.4. The number of piperazine rings is 1. The van der Waals surface area contributed by atoms with Crippen molar-refractivity contribution in [2.75, 3.05) is 63.4 Å². The molecule has 6 nitrogen and oxygen atoms in total. The summed E-state index contributed by atoms with van der Waals surface area (Å²) in [4.78, 5) is 32.0. The first kappa shape index (κ1) is 22.5. The van der Waals surface area contributed by atoms with Gasteiger partial charge in [-0.1, -0.05) is 18.2 Å². The lowest BCUT2D eigenvalue weighted by Gasteiger charge is -2.34. The van der Waals surface area contributed by atoms with Gasteiger partial charge in [-0.05, 0) is 26.0 Å². The van der Waals surface area contributed by atoms with Gasteiger partial charge in [0.05, 0.1) is 18.8 Å². The minimum Gasteiger partial charge on any atom is -0.342 e. The third-order valence-electron chi connectivity index (χ3n) is 4.82. The van der Waals surface area contributed by atoms with Crippen molar-refractivity contribution in [1.82, 2.24) is 14.7 Å². The summed E-state index contributed by atoms with van der Waals surface area (Å²) in [6, 6.07) is 7.84. The number of para-hydroxylation sites is 1. The van der Waals surface area contributed by atoms with Crippen molar-refractivity contribution in [1.29, 1.82) is 0 Å². The zero-order valence-electron chi connectivity index (χ0n) is 17.0. The van der Waals surface area contributed by atoms with Gasteiger partial charge in [0.2, 0.25) is 11.8 Å². The van der Waals surface area contributed by atoms with Crippen molar-refractivity contribution in [2.45, 2.75) is 18.7 Å². The highest BCUT2D eigenvalue weighted by atomic mass is 32.2. The van der Waals surface area contributed by atoms with Crippen LogP contribution in [0.2, 0.25) is 0 Å². The van der Waals surface area contributed by atoms with E-state index < -0.39 is 0 Å². The van der Waals surface area contributed by atoms with E-state index in [9.17, 15) is 9.59 Å². The molecule has 7 heteroatoms. The van der Waals surface area contributed by atoms with Gasteiger partial charge in [0.15, 0.2) is 0 Å². The second-order valence-electron chi connectivity index (χ2n) is 6.76. The van der Waals surface area contributed by atoms with Crippen molar-refractivity contribution in [3.63, 3.8) is 0 Å². The molecule has 1 heterocycles. The second-order valence-corrected chi connectivity index (χ2v) is 7.82. The van der Waals surface area contributed by atoms with Gasteiger partial charge in [-0.2, -0.15) is 0 Å². The predicted molar refractivity (Wildman–Crippen MR) is 117 cm³/mol. The predicted octanol–water partition coefficient (Wildman–Crippen LogP) is 2.39. The quantitative estimate of drug-likeness (QED) is 0.479. The number of benzene rings is 1. The number of likely N-dealkylation sites (N-methyl/N-ethyl adjacent to an activating group) is 1. The van der Waals surface area contributed by atoms with E-state index in [0.717, 1.165) is 55.6 Å². The van der Waals surface area contributed by atoms with E-state index in [1.165, 1.54) is 0 Å². The van der Waals surface area contributed by atoms with Gasteiger partial charge in [-0.15, -0.1) is 18.3 Å². The highest BCUT2D eigenvalue weighted by Crippen LogP contribution is 2.26. The molecule has 0 bridgehead atoms. The van der Waals surface area contributed by atoms with E-state index >= 15 is 0 Å². The molecule has 1 aliphatic heterocycles. The summed E-state index contributed by atoms with van der Waals surface area (Å²) in [5.74, 6) is 0.991. The summed E-state index contributed by atoms with van der Waals surface area (Å²) in [7, 11) is 0. The highest BCUT2D eigenvalue weighted by molar-refractivity contribution is 7.99. The Morgan fingerprint density at radius 1 is 1.11 bits per heavy atom. The molecule has 0 unspecified atom stereocenters. The van der Waals surface area contributed by atoms with Gasteiger partial charge in [0, 0.05) is 49.9 Å². The van der Waals surface area contributed by atoms with Gasteiger partial charge in [0.25, 0.3) is 0 Å². The van der Waals surface area contributed by atoms with Crippen LogP contribution in [0.25, 0.3) is 0 Å². The van der Waals surface area contributed by atoms with Gasteiger partial charge < -0.3 is 10.2 Å². The van der Waals surface area contributed by atoms with Crippen molar-refractivity contribution >= 4 is 29.3 Å². The Hall–Kier alpha value is -1.83. The standard InChI is InChI=1S/C21H32N4O2S/c1-4-15-28-19-10-8-7-9-18(19)22-20(26)16-23-11-13-24(14-12-23)17-21(27)25(5-2)6-3/h4,7-10H,1,5-6,11-17H2,2-3H3,(H,22,26). The number of nitrogens with zero attached hydrogens (tertiary/aromatic N) is 3. The Morgan fingerprint density at radius 2 is 1.71 bits per heavy atom. The third kappa shape index (κ3) is 6.96. The van der Waals surface area contributed by atoms with E-state index in [0.29, 0.717) is 13.1 Å². The maximum atomic E-state index is 12.5. The average Bonchev–Trinajstić information content (AvgIpc) is 2.69. The van der Waals surface area contributed by atoms with Crippen LogP contribution < -0.4 is 5.32 Å². The topological polar surface area (TPSA) is 55.9 Å². The lowest BCUT2D eigenvalue weighted by Crippen LogP contribution is -2.51. The van der Waals surface area contributed by atoms with Crippen LogP contribution in [0.3, 0.4) is 0 Å². The van der Waals surface area contributed by atoms with Gasteiger partial charge in [-0.3, -0.25) is 19.4 Å². The molecule has 0 spiro atoms. The number of thioether (sulfide) groups is 1. The van der Waals surface area contributed by atoms with Crippen molar-refractivity contribution in [2.24, 2.45) is 0 Å². The maximum Gasteiger partial charge on any atom is 0.238 e. The van der Waals surface area contributed by atoms with E-state index in [-0.39, 0.29) is 11.8 Å². The average molecular weight is 405 g/mol. The van der Waals surface area contributed by atoms with E-state index in [4.69, 9.17) is 0 Å². The largest absolute Gasteiger partial charge is 0.342 e. The van der Waals surface area contributed by atoms with Gasteiger partial charge in [0.1, 0.15) is 0 Å². The van der Waals surface area contributed by atoms with Crippen molar-refractivity contribution < 1.29 is 9.59 Å². The number of anilines is 1. The van der Waals surface area contributed by atoms with Crippen LogP contribution in [0.5, 0.6) is 0 Å². The number of rotatable bonds is 10. The van der Waals surface area contributed by atoms with Gasteiger partial charge in [-0.25, -0.2) is 0 Å². The Morgan fingerprint density at radius 3 is 2.32 bits per heavy atom. The minimum absolute atomic E-state index is 0.000629. The fourth-order valence-corrected chi connectivity index (χ4v) is 3.96. The van der Waals surface area contributed by atoms with Crippen LogP contribution in [-0.4, -0.2) is 84.6 Å². The SMILES string of the molecule is C=CCSc1ccccc1NC(=O)CN1CCN(CC(=O)N(CC)CC)CC1. The fraction of sp³-hybridized carbons (Fsp3) is 0.524. The molecule has 0 saturated carbocycles. The molecule has 28 heavy (non-hydrogen) atoms. The van der Waals surface area contributed by atoms with Crippen molar-refractivity contribution in [3.05, 3.63) is 36.9 Å². The first-order valence-electron chi connectivity index (χ1n) is 9.92. The molecule has 1 aromatic carbocycles. The number of carbonyl (C=O) groups excluding carboxylic acids is 2. The monoisotopic (exact) mass is 404 g/mol. The molecule has 0 atom stereocenters. The number of hydrogen-bond acceptors (Lipinski definition) is 5. The van der Waals surface area contributed by atoms with Crippen LogP contribution in [-0.2, 0) is 9.59 Å². The molecule has 0 radical (unpaired) electrons. The molecule has 0 aromatic heterocycles. The summed E-state index contributed by atoms with van der Waals surface area (Å²) in [6.45, 7) is 13.3. The Bertz CT molecular complexity index is 656. The third-order valence-corrected chi connectivity index (χ3v) is 5.89. The van der Waals surface area contributed by atoms with E-state index in [2.05, 4.69) is 21.7 Å². The van der Waals surface area contributed by atoms with E-state index in [1.807, 2.05) is 49.1 Å². The lowest BCUT2D eigenvalue weighted by atomic mass is 10.3. The first-order valence-corrected chi connectivity index (χ1v) is 10.9. The summed E-state index contributed by atoms with van der Waals surface area (Å²) < 4.78 is 0. The normalized spacial score (nSPS) is 15.2.